The van der Waals surface area contributed by atoms with E-state index in [4.69, 9.17) is 23.2 Å². The predicted molar refractivity (Wildman–Crippen MR) is 130 cm³/mol. The molecule has 3 rings (SSSR count). The summed E-state index contributed by atoms with van der Waals surface area (Å²) in [5.74, 6) is -2.41. The fourth-order valence-corrected chi connectivity index (χ4v) is 4.22. The maximum Gasteiger partial charge on any atom is 0.422 e. The van der Waals surface area contributed by atoms with E-state index in [0.717, 1.165) is 18.3 Å². The Morgan fingerprint density at radius 3 is 2.25 bits per heavy atom. The Kier molecular flexibility index (Phi) is 8.28. The molecule has 2 unspecified atom stereocenters. The van der Waals surface area contributed by atoms with Gasteiger partial charge in [-0.25, -0.2) is 9.78 Å². The van der Waals surface area contributed by atoms with Gasteiger partial charge in [-0.2, -0.15) is 13.2 Å². The number of carbonyl (C=O) groups excluding carboxylic acids is 2. The van der Waals surface area contributed by atoms with E-state index in [0.29, 0.717) is 11.3 Å². The third-order valence-electron chi connectivity index (χ3n) is 5.77. The highest BCUT2D eigenvalue weighted by molar-refractivity contribution is 6.32. The van der Waals surface area contributed by atoms with Crippen LogP contribution < -0.4 is 5.32 Å². The van der Waals surface area contributed by atoms with E-state index in [1.807, 2.05) is 0 Å². The van der Waals surface area contributed by atoms with Crippen molar-refractivity contribution in [3.05, 3.63) is 93.2 Å². The van der Waals surface area contributed by atoms with E-state index >= 15 is 0 Å². The minimum Gasteiger partial charge on any atom is -0.465 e. The second kappa shape index (κ2) is 10.9. The number of benzene rings is 2. The Labute approximate surface area is 215 Å². The normalized spacial score (nSPS) is 14.0. The molecule has 0 bridgehead atoms. The number of hydrogen-bond acceptors (Lipinski definition) is 6. The van der Waals surface area contributed by atoms with Crippen molar-refractivity contribution in [2.75, 3.05) is 19.0 Å². The number of ether oxygens (including phenoxy) is 1. The fraction of sp³-hybridized carbons (Fsp3) is 0.240. The molecule has 1 heterocycles. The number of rotatable bonds is 8. The SMILES string of the molecule is COC(=O)c1ccc(NCC(=O)c2ccc(C(C)C(O)(c3ccnc(Cl)c3)C(F)(F)F)c(Cl)c2)cc1. The van der Waals surface area contributed by atoms with Crippen molar-refractivity contribution in [2.24, 2.45) is 0 Å². The van der Waals surface area contributed by atoms with Crippen LogP contribution in [0.25, 0.3) is 0 Å². The first-order chi connectivity index (χ1) is 16.9. The van der Waals surface area contributed by atoms with Gasteiger partial charge in [0.05, 0.1) is 19.2 Å². The zero-order chi connectivity index (χ0) is 26.7. The summed E-state index contributed by atoms with van der Waals surface area (Å²) in [6.45, 7) is 1.05. The number of anilines is 1. The van der Waals surface area contributed by atoms with Gasteiger partial charge >= 0.3 is 12.1 Å². The lowest BCUT2D eigenvalue weighted by molar-refractivity contribution is -0.274. The van der Waals surface area contributed by atoms with Gasteiger partial charge in [0, 0.05) is 28.4 Å². The molecule has 0 aliphatic heterocycles. The molecule has 190 valence electrons. The summed E-state index contributed by atoms with van der Waals surface area (Å²) in [6, 6.07) is 12.1. The number of alkyl halides is 3. The van der Waals surface area contributed by atoms with Gasteiger partial charge < -0.3 is 15.2 Å². The molecule has 2 aromatic carbocycles. The molecule has 0 radical (unpaired) electrons. The number of ketones is 1. The average Bonchev–Trinajstić information content (AvgIpc) is 2.85. The molecule has 11 heteroatoms. The average molecular weight is 541 g/mol. The first-order valence-electron chi connectivity index (χ1n) is 10.5. The fourth-order valence-electron chi connectivity index (χ4n) is 3.70. The van der Waals surface area contributed by atoms with Gasteiger partial charge in [0.1, 0.15) is 5.15 Å². The third-order valence-corrected chi connectivity index (χ3v) is 6.31. The van der Waals surface area contributed by atoms with Crippen molar-refractivity contribution in [3.63, 3.8) is 0 Å². The molecule has 0 saturated heterocycles. The van der Waals surface area contributed by atoms with E-state index in [2.05, 4.69) is 15.0 Å². The number of Topliss-reactive ketones (excluding diaryl/α,β-unsaturated/α-hetero) is 1. The van der Waals surface area contributed by atoms with Gasteiger partial charge in [-0.15, -0.1) is 0 Å². The van der Waals surface area contributed by atoms with E-state index in [1.54, 1.807) is 12.1 Å². The predicted octanol–water partition coefficient (Wildman–Crippen LogP) is 6.02. The van der Waals surface area contributed by atoms with E-state index in [9.17, 15) is 27.9 Å². The number of aromatic nitrogens is 1. The lowest BCUT2D eigenvalue weighted by Crippen LogP contribution is -2.46. The van der Waals surface area contributed by atoms with E-state index < -0.39 is 29.2 Å². The molecule has 1 aromatic heterocycles. The minimum atomic E-state index is -5.07. The van der Waals surface area contributed by atoms with Gasteiger partial charge in [0.15, 0.2) is 11.4 Å². The van der Waals surface area contributed by atoms with Gasteiger partial charge in [0.2, 0.25) is 0 Å². The van der Waals surface area contributed by atoms with Crippen molar-refractivity contribution in [1.29, 1.82) is 0 Å². The number of methoxy groups -OCH3 is 1. The van der Waals surface area contributed by atoms with Crippen LogP contribution in [0.2, 0.25) is 10.2 Å². The number of esters is 1. The van der Waals surface area contributed by atoms with E-state index in [-0.39, 0.29) is 33.6 Å². The molecular weight excluding hydrogens is 520 g/mol. The number of aliphatic hydroxyl groups is 1. The van der Waals surface area contributed by atoms with Crippen molar-refractivity contribution in [2.45, 2.75) is 24.6 Å². The highest BCUT2D eigenvalue weighted by Gasteiger charge is 2.59. The summed E-state index contributed by atoms with van der Waals surface area (Å²) >= 11 is 12.0. The molecule has 6 nitrogen and oxygen atoms in total. The Hall–Kier alpha value is -3.14. The number of nitrogens with one attached hydrogen (secondary N) is 1. The Morgan fingerprint density at radius 1 is 1.06 bits per heavy atom. The van der Waals surface area contributed by atoms with Crippen LogP contribution in [0.15, 0.2) is 60.8 Å². The standard InChI is InChI=1S/C25H21Cl2F3N2O4/c1-14(24(35,25(28,29)30)17-9-10-31-22(27)12-17)19-8-5-16(11-20(19)26)21(33)13-32-18-6-3-15(4-7-18)23(34)36-2/h3-12,14,32,35H,13H2,1-2H3. The minimum absolute atomic E-state index is 0.00710. The lowest BCUT2D eigenvalue weighted by atomic mass is 9.78. The smallest absolute Gasteiger partial charge is 0.422 e. The van der Waals surface area contributed by atoms with Crippen LogP contribution in [0.4, 0.5) is 18.9 Å². The number of nitrogens with zero attached hydrogens (tertiary/aromatic N) is 1. The Morgan fingerprint density at radius 2 is 1.69 bits per heavy atom. The zero-order valence-corrected chi connectivity index (χ0v) is 20.6. The van der Waals surface area contributed by atoms with Crippen LogP contribution in [-0.4, -0.2) is 41.7 Å². The molecule has 0 amide bonds. The molecule has 0 saturated carbocycles. The Bertz CT molecular complexity index is 1270. The monoisotopic (exact) mass is 540 g/mol. The van der Waals surface area contributed by atoms with E-state index in [1.165, 1.54) is 44.4 Å². The van der Waals surface area contributed by atoms with Crippen molar-refractivity contribution >= 4 is 40.6 Å². The summed E-state index contributed by atoms with van der Waals surface area (Å²) in [6.07, 6.45) is -4.00. The Balaban J connectivity index is 1.80. The lowest BCUT2D eigenvalue weighted by Gasteiger charge is -2.37. The molecule has 0 aliphatic rings. The summed E-state index contributed by atoms with van der Waals surface area (Å²) in [5, 5.41) is 13.5. The van der Waals surface area contributed by atoms with Crippen LogP contribution >= 0.6 is 23.2 Å². The first-order valence-corrected chi connectivity index (χ1v) is 11.3. The van der Waals surface area contributed by atoms with Crippen LogP contribution in [0.3, 0.4) is 0 Å². The van der Waals surface area contributed by atoms with Crippen LogP contribution in [-0.2, 0) is 10.3 Å². The van der Waals surface area contributed by atoms with Gasteiger partial charge in [0.25, 0.3) is 0 Å². The molecule has 3 aromatic rings. The number of hydrogen-bond donors (Lipinski definition) is 2. The molecule has 0 fully saturated rings. The largest absolute Gasteiger partial charge is 0.465 e. The molecular formula is C25H21Cl2F3N2O4. The highest BCUT2D eigenvalue weighted by Crippen LogP contribution is 2.50. The van der Waals surface area contributed by atoms with Crippen molar-refractivity contribution in [1.82, 2.24) is 4.98 Å². The molecule has 0 spiro atoms. The second-order valence-corrected chi connectivity index (χ2v) is 8.73. The zero-order valence-electron chi connectivity index (χ0n) is 19.1. The van der Waals surface area contributed by atoms with Crippen LogP contribution in [0.1, 0.15) is 44.7 Å². The topological polar surface area (TPSA) is 88.5 Å². The van der Waals surface area contributed by atoms with Gasteiger partial charge in [-0.3, -0.25) is 4.79 Å². The van der Waals surface area contributed by atoms with Gasteiger partial charge in [-0.05, 0) is 53.6 Å². The van der Waals surface area contributed by atoms with Crippen LogP contribution in [0, 0.1) is 0 Å². The quantitative estimate of drug-likeness (QED) is 0.206. The maximum absolute atomic E-state index is 14.1. The molecule has 0 aliphatic carbocycles. The van der Waals surface area contributed by atoms with Crippen LogP contribution in [0.5, 0.6) is 0 Å². The summed E-state index contributed by atoms with van der Waals surface area (Å²) in [7, 11) is 1.27. The summed E-state index contributed by atoms with van der Waals surface area (Å²) in [5.41, 5.74) is -2.73. The summed E-state index contributed by atoms with van der Waals surface area (Å²) in [4.78, 5) is 27.8. The molecule has 2 atom stereocenters. The number of halogens is 5. The maximum atomic E-state index is 14.1. The van der Waals surface area contributed by atoms with Gasteiger partial charge in [-0.1, -0.05) is 42.3 Å². The number of carbonyl (C=O) groups is 2. The van der Waals surface area contributed by atoms with Crippen molar-refractivity contribution < 1.29 is 32.6 Å². The third kappa shape index (κ3) is 5.64. The molecule has 2 N–H and O–H groups in total. The number of pyridine rings is 1. The molecule has 36 heavy (non-hydrogen) atoms. The summed E-state index contributed by atoms with van der Waals surface area (Å²) < 4.78 is 46.9. The van der Waals surface area contributed by atoms with Crippen molar-refractivity contribution in [3.8, 4) is 0 Å². The highest BCUT2D eigenvalue weighted by atomic mass is 35.5. The second-order valence-electron chi connectivity index (χ2n) is 7.94. The first kappa shape index (κ1) is 27.4.